The van der Waals surface area contributed by atoms with E-state index >= 15 is 0 Å². The van der Waals surface area contributed by atoms with Crippen molar-refractivity contribution in [2.24, 2.45) is 0 Å². The number of aryl methyl sites for hydroxylation is 2. The molecule has 1 atom stereocenters. The number of fused-ring (bicyclic) bond motifs is 1. The molecule has 3 aromatic rings. The van der Waals surface area contributed by atoms with Gasteiger partial charge >= 0.3 is 0 Å². The molecule has 7 heteroatoms. The lowest BCUT2D eigenvalue weighted by Gasteiger charge is -2.26. The number of rotatable bonds is 5. The van der Waals surface area contributed by atoms with Crippen molar-refractivity contribution in [3.8, 4) is 0 Å². The van der Waals surface area contributed by atoms with Gasteiger partial charge in [0.2, 0.25) is 5.91 Å². The van der Waals surface area contributed by atoms with Crippen molar-refractivity contribution in [1.82, 2.24) is 10.3 Å². The minimum absolute atomic E-state index is 0.0549. The Bertz CT molecular complexity index is 1010. The molecule has 28 heavy (non-hydrogen) atoms. The summed E-state index contributed by atoms with van der Waals surface area (Å²) in [7, 11) is 0. The quantitative estimate of drug-likeness (QED) is 0.683. The molecule has 1 aromatic carbocycles. The monoisotopic (exact) mass is 395 g/mol. The Hall–Kier alpha value is -2.93. The molecule has 144 valence electrons. The van der Waals surface area contributed by atoms with E-state index < -0.39 is 0 Å². The van der Waals surface area contributed by atoms with Crippen LogP contribution in [-0.4, -0.2) is 16.8 Å². The Kier molecular flexibility index (Phi) is 5.25. The smallest absolute Gasteiger partial charge is 0.260 e. The van der Waals surface area contributed by atoms with E-state index in [0.717, 1.165) is 19.3 Å². The van der Waals surface area contributed by atoms with E-state index in [0.29, 0.717) is 22.1 Å². The number of thiazole rings is 1. The molecular formula is C21H21N3O3S. The maximum absolute atomic E-state index is 12.5. The van der Waals surface area contributed by atoms with Gasteiger partial charge in [-0.05, 0) is 43.4 Å². The first kappa shape index (κ1) is 18.4. The van der Waals surface area contributed by atoms with Crippen molar-refractivity contribution in [2.45, 2.75) is 38.6 Å². The van der Waals surface area contributed by atoms with Gasteiger partial charge in [-0.25, -0.2) is 4.98 Å². The van der Waals surface area contributed by atoms with Crippen LogP contribution in [0.15, 0.2) is 46.4 Å². The van der Waals surface area contributed by atoms with Gasteiger partial charge in [-0.15, -0.1) is 11.3 Å². The number of hydrogen-bond acceptors (Lipinski definition) is 5. The van der Waals surface area contributed by atoms with Gasteiger partial charge < -0.3 is 9.73 Å². The molecule has 2 amide bonds. The number of nitrogens with zero attached hydrogens (tertiary/aromatic N) is 1. The van der Waals surface area contributed by atoms with Crippen LogP contribution in [0.5, 0.6) is 0 Å². The molecule has 0 spiro atoms. The number of hydrogen-bond donors (Lipinski definition) is 2. The molecule has 0 saturated heterocycles. The Morgan fingerprint density at radius 1 is 1.29 bits per heavy atom. The lowest BCUT2D eigenvalue weighted by atomic mass is 9.87. The third-order valence-corrected chi connectivity index (χ3v) is 5.73. The van der Waals surface area contributed by atoms with Crippen molar-refractivity contribution in [2.75, 3.05) is 5.32 Å². The Morgan fingerprint density at radius 3 is 2.96 bits per heavy atom. The summed E-state index contributed by atoms with van der Waals surface area (Å²) in [6.45, 7) is 1.73. The van der Waals surface area contributed by atoms with Crippen LogP contribution < -0.4 is 10.6 Å². The van der Waals surface area contributed by atoms with E-state index in [1.54, 1.807) is 18.4 Å². The van der Waals surface area contributed by atoms with E-state index in [4.69, 9.17) is 4.42 Å². The van der Waals surface area contributed by atoms with Crippen LogP contribution in [0.3, 0.4) is 0 Å². The van der Waals surface area contributed by atoms with Crippen LogP contribution in [-0.2, 0) is 17.6 Å². The highest BCUT2D eigenvalue weighted by atomic mass is 32.1. The second-order valence-electron chi connectivity index (χ2n) is 6.88. The van der Waals surface area contributed by atoms with Crippen LogP contribution in [0.1, 0.15) is 51.8 Å². The lowest BCUT2D eigenvalue weighted by Crippen LogP contribution is -2.32. The first-order chi connectivity index (χ1) is 13.6. The lowest BCUT2D eigenvalue weighted by molar-refractivity contribution is -0.121. The minimum atomic E-state index is -0.268. The van der Waals surface area contributed by atoms with E-state index in [-0.39, 0.29) is 24.3 Å². The van der Waals surface area contributed by atoms with Crippen LogP contribution in [0.25, 0.3) is 0 Å². The molecular weight excluding hydrogens is 374 g/mol. The molecule has 4 rings (SSSR count). The SMILES string of the molecule is Cc1occc1C(=O)Nc1nc(CC(=O)N[C@@H]2CCCc3ccccc32)cs1. The Labute approximate surface area is 167 Å². The van der Waals surface area contributed by atoms with Crippen molar-refractivity contribution >= 4 is 28.3 Å². The molecule has 2 N–H and O–H groups in total. The summed E-state index contributed by atoms with van der Waals surface area (Å²) in [6.07, 6.45) is 4.75. The van der Waals surface area contributed by atoms with Gasteiger partial charge in [-0.1, -0.05) is 24.3 Å². The third kappa shape index (κ3) is 3.99. The van der Waals surface area contributed by atoms with Gasteiger partial charge in [0, 0.05) is 5.38 Å². The topological polar surface area (TPSA) is 84.2 Å². The maximum Gasteiger partial charge on any atom is 0.260 e. The Balaban J connectivity index is 1.36. The van der Waals surface area contributed by atoms with Crippen LogP contribution in [0.2, 0.25) is 0 Å². The summed E-state index contributed by atoms with van der Waals surface area (Å²) in [5, 5.41) is 8.15. The molecule has 1 aliphatic rings. The van der Waals surface area contributed by atoms with E-state index in [1.807, 2.05) is 12.1 Å². The van der Waals surface area contributed by atoms with Crippen molar-refractivity contribution in [1.29, 1.82) is 0 Å². The van der Waals surface area contributed by atoms with Gasteiger partial charge in [0.1, 0.15) is 5.76 Å². The summed E-state index contributed by atoms with van der Waals surface area (Å²) in [6, 6.07) is 9.95. The van der Waals surface area contributed by atoms with Gasteiger partial charge in [0.25, 0.3) is 5.91 Å². The fraction of sp³-hybridized carbons (Fsp3) is 0.286. The predicted molar refractivity (Wildman–Crippen MR) is 107 cm³/mol. The number of anilines is 1. The summed E-state index contributed by atoms with van der Waals surface area (Å²) < 4.78 is 5.15. The van der Waals surface area contributed by atoms with Gasteiger partial charge in [0.15, 0.2) is 5.13 Å². The maximum atomic E-state index is 12.5. The third-order valence-electron chi connectivity index (χ3n) is 4.92. The van der Waals surface area contributed by atoms with Gasteiger partial charge in [-0.3, -0.25) is 14.9 Å². The second kappa shape index (κ2) is 7.98. The summed E-state index contributed by atoms with van der Waals surface area (Å²) in [5.41, 5.74) is 3.65. The number of benzene rings is 1. The van der Waals surface area contributed by atoms with Crippen molar-refractivity contribution < 1.29 is 14.0 Å². The minimum Gasteiger partial charge on any atom is -0.469 e. The first-order valence-corrected chi connectivity index (χ1v) is 10.1. The number of aromatic nitrogens is 1. The van der Waals surface area contributed by atoms with Gasteiger partial charge in [0.05, 0.1) is 30.0 Å². The number of carbonyl (C=O) groups excluding carboxylic acids is 2. The molecule has 0 aliphatic heterocycles. The predicted octanol–water partition coefficient (Wildman–Crippen LogP) is 4.03. The average molecular weight is 395 g/mol. The fourth-order valence-electron chi connectivity index (χ4n) is 3.54. The number of furan rings is 1. The number of nitrogens with one attached hydrogen (secondary N) is 2. The van der Waals surface area contributed by atoms with Crippen molar-refractivity contribution in [3.63, 3.8) is 0 Å². The Morgan fingerprint density at radius 2 is 2.14 bits per heavy atom. The van der Waals surface area contributed by atoms with E-state index in [9.17, 15) is 9.59 Å². The largest absolute Gasteiger partial charge is 0.469 e. The highest BCUT2D eigenvalue weighted by molar-refractivity contribution is 7.14. The summed E-state index contributed by atoms with van der Waals surface area (Å²) in [5.74, 6) is 0.229. The molecule has 2 heterocycles. The molecule has 2 aromatic heterocycles. The van der Waals surface area contributed by atoms with Gasteiger partial charge in [-0.2, -0.15) is 0 Å². The van der Waals surface area contributed by atoms with Crippen molar-refractivity contribution in [3.05, 3.63) is 70.1 Å². The molecule has 0 fully saturated rings. The zero-order valence-corrected chi connectivity index (χ0v) is 16.3. The molecule has 0 bridgehead atoms. The summed E-state index contributed by atoms with van der Waals surface area (Å²) >= 11 is 1.30. The standard InChI is InChI=1S/C21H21N3O3S/c1-13-16(9-10-27-13)20(26)24-21-22-15(12-28-21)11-19(25)23-18-8-4-6-14-5-2-3-7-17(14)18/h2-3,5,7,9-10,12,18H,4,6,8,11H2,1H3,(H,23,25)(H,22,24,26)/t18-/m1/s1. The molecule has 0 radical (unpaired) electrons. The average Bonchev–Trinajstić information content (AvgIpc) is 3.30. The molecule has 0 saturated carbocycles. The zero-order valence-electron chi connectivity index (χ0n) is 15.5. The second-order valence-corrected chi connectivity index (χ2v) is 7.73. The highest BCUT2D eigenvalue weighted by Crippen LogP contribution is 2.29. The fourth-order valence-corrected chi connectivity index (χ4v) is 4.25. The van der Waals surface area contributed by atoms with Crippen LogP contribution >= 0.6 is 11.3 Å². The number of amides is 2. The number of carbonyl (C=O) groups is 2. The van der Waals surface area contributed by atoms with Crippen LogP contribution in [0.4, 0.5) is 5.13 Å². The summed E-state index contributed by atoms with van der Waals surface area (Å²) in [4.78, 5) is 29.1. The molecule has 6 nitrogen and oxygen atoms in total. The molecule has 1 aliphatic carbocycles. The zero-order chi connectivity index (χ0) is 19.5. The molecule has 0 unspecified atom stereocenters. The normalized spacial score (nSPS) is 15.7. The van der Waals surface area contributed by atoms with E-state index in [1.165, 1.54) is 28.7 Å². The highest BCUT2D eigenvalue weighted by Gasteiger charge is 2.22. The van der Waals surface area contributed by atoms with E-state index in [2.05, 4.69) is 27.8 Å². The first-order valence-electron chi connectivity index (χ1n) is 9.27. The van der Waals surface area contributed by atoms with Crippen LogP contribution in [0, 0.1) is 6.92 Å².